The van der Waals surface area contributed by atoms with Gasteiger partial charge in [0.25, 0.3) is 0 Å². The summed E-state index contributed by atoms with van der Waals surface area (Å²) in [4.78, 5) is 10.6. The van der Waals surface area contributed by atoms with Gasteiger partial charge in [-0.25, -0.2) is 0 Å². The number of allylic oxidation sites excluding steroid dienone is 2. The minimum Gasteiger partial charge on any atom is -0.481 e. The van der Waals surface area contributed by atoms with Gasteiger partial charge in [-0.15, -0.1) is 0 Å². The molecule has 2 fully saturated rings. The first-order valence-electron chi connectivity index (χ1n) is 11.6. The zero-order valence-corrected chi connectivity index (χ0v) is 17.6. The van der Waals surface area contributed by atoms with Gasteiger partial charge in [0.15, 0.2) is 0 Å². The molecule has 2 nitrogen and oxygen atoms in total. The first kappa shape index (κ1) is 21.1. The van der Waals surface area contributed by atoms with Crippen molar-refractivity contribution in [1.29, 1.82) is 0 Å². The molecule has 28 heavy (non-hydrogen) atoms. The number of carbonyl (C=O) groups is 1. The van der Waals surface area contributed by atoms with Gasteiger partial charge in [0.1, 0.15) is 0 Å². The number of carboxylic acids is 1. The molecule has 0 bridgehead atoms. The smallest absolute Gasteiger partial charge is 0.303 e. The second-order valence-corrected chi connectivity index (χ2v) is 9.14. The van der Waals surface area contributed by atoms with Crippen LogP contribution < -0.4 is 0 Å². The standard InChI is InChI=1S/C26H38O2/c1-2-5-20-8-12-22(13-9-20)24-16-18-25(19-17-24)23-14-10-21(11-15-23)6-3-4-7-26(27)28/h3,6,8-9,12-13,21,23-25H,2,4-5,7,10-11,14-19H2,1H3,(H,27,28). The van der Waals surface area contributed by atoms with Crippen molar-refractivity contribution in [3.05, 3.63) is 47.5 Å². The van der Waals surface area contributed by atoms with Crippen LogP contribution in [0, 0.1) is 17.8 Å². The molecule has 1 aromatic rings. The van der Waals surface area contributed by atoms with Crippen LogP contribution in [0.15, 0.2) is 36.4 Å². The van der Waals surface area contributed by atoms with Crippen LogP contribution in [0.4, 0.5) is 0 Å². The van der Waals surface area contributed by atoms with Gasteiger partial charge < -0.3 is 5.11 Å². The van der Waals surface area contributed by atoms with Gasteiger partial charge in [-0.2, -0.15) is 0 Å². The highest BCUT2D eigenvalue weighted by atomic mass is 16.4. The van der Waals surface area contributed by atoms with Crippen molar-refractivity contribution in [1.82, 2.24) is 0 Å². The summed E-state index contributed by atoms with van der Waals surface area (Å²) in [6.07, 6.45) is 18.6. The third kappa shape index (κ3) is 6.22. The molecule has 2 aliphatic carbocycles. The zero-order chi connectivity index (χ0) is 19.8. The average Bonchev–Trinajstić information content (AvgIpc) is 2.73. The maximum absolute atomic E-state index is 10.6. The van der Waals surface area contributed by atoms with E-state index in [9.17, 15) is 4.79 Å². The van der Waals surface area contributed by atoms with Crippen LogP contribution in [-0.2, 0) is 11.2 Å². The Balaban J connectivity index is 1.39. The predicted molar refractivity (Wildman–Crippen MR) is 117 cm³/mol. The Morgan fingerprint density at radius 2 is 1.57 bits per heavy atom. The molecule has 1 N–H and O–H groups in total. The molecule has 1 aromatic carbocycles. The van der Waals surface area contributed by atoms with Crippen molar-refractivity contribution in [3.63, 3.8) is 0 Å². The zero-order valence-electron chi connectivity index (χ0n) is 17.6. The van der Waals surface area contributed by atoms with Gasteiger partial charge in [0.2, 0.25) is 0 Å². The van der Waals surface area contributed by atoms with Crippen LogP contribution in [0.25, 0.3) is 0 Å². The van der Waals surface area contributed by atoms with Crippen molar-refractivity contribution in [3.8, 4) is 0 Å². The number of carboxylic acid groups (broad SMARTS) is 1. The quantitative estimate of drug-likeness (QED) is 0.485. The molecule has 0 radical (unpaired) electrons. The van der Waals surface area contributed by atoms with Crippen LogP contribution in [0.3, 0.4) is 0 Å². The minimum absolute atomic E-state index is 0.260. The monoisotopic (exact) mass is 382 g/mol. The highest BCUT2D eigenvalue weighted by Crippen LogP contribution is 2.44. The van der Waals surface area contributed by atoms with Gasteiger partial charge >= 0.3 is 5.97 Å². The van der Waals surface area contributed by atoms with Crippen molar-refractivity contribution >= 4 is 5.97 Å². The number of aliphatic carboxylic acids is 1. The molecular weight excluding hydrogens is 344 g/mol. The summed E-state index contributed by atoms with van der Waals surface area (Å²) in [7, 11) is 0. The Morgan fingerprint density at radius 3 is 2.14 bits per heavy atom. The fourth-order valence-corrected chi connectivity index (χ4v) is 5.47. The summed E-state index contributed by atoms with van der Waals surface area (Å²) in [6, 6.07) is 9.46. The van der Waals surface area contributed by atoms with E-state index in [4.69, 9.17) is 5.11 Å². The Kier molecular flexibility index (Phi) is 8.18. The van der Waals surface area contributed by atoms with Crippen LogP contribution >= 0.6 is 0 Å². The Hall–Kier alpha value is -1.57. The third-order valence-corrected chi connectivity index (χ3v) is 7.18. The second kappa shape index (κ2) is 10.8. The van der Waals surface area contributed by atoms with Gasteiger partial charge in [-0.3, -0.25) is 4.79 Å². The van der Waals surface area contributed by atoms with Crippen LogP contribution in [0.1, 0.15) is 94.6 Å². The summed E-state index contributed by atoms with van der Waals surface area (Å²) in [6.45, 7) is 2.25. The molecule has 2 aliphatic rings. The van der Waals surface area contributed by atoms with Crippen molar-refractivity contribution in [2.75, 3.05) is 0 Å². The third-order valence-electron chi connectivity index (χ3n) is 7.18. The largest absolute Gasteiger partial charge is 0.481 e. The Bertz CT molecular complexity index is 614. The maximum atomic E-state index is 10.6. The molecule has 0 heterocycles. The maximum Gasteiger partial charge on any atom is 0.303 e. The Morgan fingerprint density at radius 1 is 0.964 bits per heavy atom. The lowest BCUT2D eigenvalue weighted by molar-refractivity contribution is -0.136. The molecule has 0 unspecified atom stereocenters. The molecule has 0 amide bonds. The molecule has 0 atom stereocenters. The topological polar surface area (TPSA) is 37.3 Å². The van der Waals surface area contributed by atoms with E-state index >= 15 is 0 Å². The number of hydrogen-bond donors (Lipinski definition) is 1. The van der Waals surface area contributed by atoms with Crippen molar-refractivity contribution < 1.29 is 9.90 Å². The van der Waals surface area contributed by atoms with Crippen molar-refractivity contribution in [2.24, 2.45) is 17.8 Å². The minimum atomic E-state index is -0.694. The first-order valence-corrected chi connectivity index (χ1v) is 11.6. The lowest BCUT2D eigenvalue weighted by Gasteiger charge is -2.37. The van der Waals surface area contributed by atoms with Crippen molar-refractivity contribution in [2.45, 2.75) is 89.9 Å². The highest BCUT2D eigenvalue weighted by molar-refractivity contribution is 5.66. The average molecular weight is 383 g/mol. The van der Waals surface area contributed by atoms with Crippen LogP contribution in [0.2, 0.25) is 0 Å². The molecule has 0 aliphatic heterocycles. The van der Waals surface area contributed by atoms with E-state index in [0.29, 0.717) is 12.3 Å². The molecule has 0 spiro atoms. The molecule has 0 saturated heterocycles. The SMILES string of the molecule is CCCc1ccc(C2CCC(C3CCC(C=CCCC(=O)O)CC3)CC2)cc1. The summed E-state index contributed by atoms with van der Waals surface area (Å²) in [5, 5.41) is 8.72. The van der Waals surface area contributed by atoms with Crippen LogP contribution in [0.5, 0.6) is 0 Å². The molecule has 2 saturated carbocycles. The normalized spacial score (nSPS) is 28.5. The summed E-state index contributed by atoms with van der Waals surface area (Å²) in [5.74, 6) is 2.63. The molecular formula is C26H38O2. The number of benzene rings is 1. The predicted octanol–water partition coefficient (Wildman–Crippen LogP) is 7.14. The van der Waals surface area contributed by atoms with E-state index in [1.54, 1.807) is 5.56 Å². The van der Waals surface area contributed by atoms with E-state index in [1.807, 2.05) is 0 Å². The van der Waals surface area contributed by atoms with E-state index in [-0.39, 0.29) is 6.42 Å². The summed E-state index contributed by atoms with van der Waals surface area (Å²) in [5.41, 5.74) is 3.04. The molecule has 2 heteroatoms. The number of aryl methyl sites for hydroxylation is 1. The Labute approximate surface area is 171 Å². The van der Waals surface area contributed by atoms with Gasteiger partial charge in [-0.1, -0.05) is 49.8 Å². The van der Waals surface area contributed by atoms with Gasteiger partial charge in [0.05, 0.1) is 0 Å². The summed E-state index contributed by atoms with van der Waals surface area (Å²) < 4.78 is 0. The number of hydrogen-bond acceptors (Lipinski definition) is 1. The molecule has 154 valence electrons. The fourth-order valence-electron chi connectivity index (χ4n) is 5.47. The number of rotatable bonds is 8. The van der Waals surface area contributed by atoms with Crippen LogP contribution in [-0.4, -0.2) is 11.1 Å². The van der Waals surface area contributed by atoms with Gasteiger partial charge in [0, 0.05) is 6.42 Å². The lowest BCUT2D eigenvalue weighted by Crippen LogP contribution is -2.25. The molecule has 0 aromatic heterocycles. The molecule has 3 rings (SSSR count). The van der Waals surface area contributed by atoms with E-state index in [1.165, 1.54) is 69.8 Å². The van der Waals surface area contributed by atoms with E-state index < -0.39 is 5.97 Å². The highest BCUT2D eigenvalue weighted by Gasteiger charge is 2.30. The van der Waals surface area contributed by atoms with Gasteiger partial charge in [-0.05, 0) is 99.0 Å². The first-order chi connectivity index (χ1) is 13.7. The van der Waals surface area contributed by atoms with E-state index in [2.05, 4.69) is 43.3 Å². The fraction of sp³-hybridized carbons (Fsp3) is 0.654. The van der Waals surface area contributed by atoms with E-state index in [0.717, 1.165) is 17.8 Å². The summed E-state index contributed by atoms with van der Waals surface area (Å²) >= 11 is 0. The lowest BCUT2D eigenvalue weighted by atomic mass is 9.68. The second-order valence-electron chi connectivity index (χ2n) is 9.14.